The predicted molar refractivity (Wildman–Crippen MR) is 73.8 cm³/mol. The van der Waals surface area contributed by atoms with Crippen molar-refractivity contribution in [3.63, 3.8) is 0 Å². The van der Waals surface area contributed by atoms with Crippen molar-refractivity contribution in [1.29, 1.82) is 0 Å². The molecule has 0 aromatic carbocycles. The van der Waals surface area contributed by atoms with Gasteiger partial charge >= 0.3 is 5.97 Å². The van der Waals surface area contributed by atoms with Gasteiger partial charge < -0.3 is 10.1 Å². The molecule has 0 atom stereocenters. The number of hydrogen-bond donors (Lipinski definition) is 1. The van der Waals surface area contributed by atoms with Crippen molar-refractivity contribution in [2.24, 2.45) is 0 Å². The molecule has 0 aliphatic heterocycles. The van der Waals surface area contributed by atoms with Crippen molar-refractivity contribution >= 4 is 29.1 Å². The summed E-state index contributed by atoms with van der Waals surface area (Å²) in [7, 11) is 1.40. The maximum absolute atomic E-state index is 11.4. The van der Waals surface area contributed by atoms with Crippen LogP contribution >= 0.6 is 11.3 Å². The molecule has 0 fully saturated rings. The molecule has 0 spiro atoms. The molecule has 4 heteroatoms. The van der Waals surface area contributed by atoms with Crippen molar-refractivity contribution in [1.82, 2.24) is 0 Å². The van der Waals surface area contributed by atoms with Crippen LogP contribution in [-0.2, 0) is 4.74 Å². The number of carbonyl (C=O) groups excluding carboxylic acids is 1. The minimum atomic E-state index is -0.274. The molecule has 0 aliphatic rings. The van der Waals surface area contributed by atoms with Crippen LogP contribution in [0.3, 0.4) is 0 Å². The Morgan fingerprint density at radius 3 is 2.88 bits per heavy atom. The molecule has 94 valence electrons. The Kier molecular flexibility index (Phi) is 5.77. The second-order valence-electron chi connectivity index (χ2n) is 3.60. The average Bonchev–Trinajstić information content (AvgIpc) is 2.73. The Balaban J connectivity index is 2.92. The quantitative estimate of drug-likeness (QED) is 0.784. The summed E-state index contributed by atoms with van der Waals surface area (Å²) < 4.78 is 4.73. The zero-order valence-corrected chi connectivity index (χ0v) is 11.4. The molecule has 1 aromatic rings. The van der Waals surface area contributed by atoms with E-state index in [1.165, 1.54) is 18.4 Å². The van der Waals surface area contributed by atoms with Gasteiger partial charge in [0.05, 0.1) is 17.7 Å². The lowest BCUT2D eigenvalue weighted by Crippen LogP contribution is -1.98. The maximum Gasteiger partial charge on any atom is 0.348 e. The van der Waals surface area contributed by atoms with Crippen LogP contribution in [0.4, 0.5) is 5.69 Å². The van der Waals surface area contributed by atoms with E-state index in [4.69, 9.17) is 4.74 Å². The van der Waals surface area contributed by atoms with Gasteiger partial charge in [-0.15, -0.1) is 11.3 Å². The number of thiophene rings is 1. The van der Waals surface area contributed by atoms with Gasteiger partial charge in [0.15, 0.2) is 0 Å². The third kappa shape index (κ3) is 3.89. The number of ether oxygens (including phenoxy) is 1. The Hall–Kier alpha value is -1.29. The van der Waals surface area contributed by atoms with E-state index >= 15 is 0 Å². The summed E-state index contributed by atoms with van der Waals surface area (Å²) >= 11 is 1.46. The van der Waals surface area contributed by atoms with Crippen LogP contribution in [0.25, 0.3) is 6.08 Å². The van der Waals surface area contributed by atoms with Crippen LogP contribution in [0.5, 0.6) is 0 Å². The number of unbranched alkanes of at least 4 members (excludes halogenated alkanes) is 1. The third-order valence-electron chi connectivity index (χ3n) is 2.24. The fourth-order valence-corrected chi connectivity index (χ4v) is 2.40. The van der Waals surface area contributed by atoms with E-state index in [1.54, 1.807) is 0 Å². The van der Waals surface area contributed by atoms with E-state index in [0.29, 0.717) is 4.88 Å². The van der Waals surface area contributed by atoms with Crippen molar-refractivity contribution in [3.8, 4) is 0 Å². The largest absolute Gasteiger partial charge is 0.465 e. The molecule has 0 amide bonds. The Morgan fingerprint density at radius 1 is 1.53 bits per heavy atom. The van der Waals surface area contributed by atoms with Gasteiger partial charge in [0.1, 0.15) is 4.88 Å². The number of carbonyl (C=O) groups is 1. The first-order valence-electron chi connectivity index (χ1n) is 5.85. The van der Waals surface area contributed by atoms with Crippen molar-refractivity contribution in [3.05, 3.63) is 21.9 Å². The molecule has 1 N–H and O–H groups in total. The van der Waals surface area contributed by atoms with Crippen LogP contribution in [0.1, 0.15) is 41.2 Å². The highest BCUT2D eigenvalue weighted by Crippen LogP contribution is 2.29. The topological polar surface area (TPSA) is 38.3 Å². The average molecular weight is 253 g/mol. The summed E-state index contributed by atoms with van der Waals surface area (Å²) in [5, 5.41) is 3.25. The van der Waals surface area contributed by atoms with Gasteiger partial charge in [-0.05, 0) is 25.5 Å². The molecule has 1 aromatic heterocycles. The number of hydrogen-bond acceptors (Lipinski definition) is 4. The zero-order chi connectivity index (χ0) is 12.7. The van der Waals surface area contributed by atoms with Crippen LogP contribution in [0.2, 0.25) is 0 Å². The smallest absolute Gasteiger partial charge is 0.348 e. The van der Waals surface area contributed by atoms with Crippen molar-refractivity contribution in [2.75, 3.05) is 19.0 Å². The lowest BCUT2D eigenvalue weighted by atomic mass is 10.2. The molecule has 0 aliphatic carbocycles. The summed E-state index contributed by atoms with van der Waals surface area (Å²) in [5.41, 5.74) is 1.00. The summed E-state index contributed by atoms with van der Waals surface area (Å²) in [5.74, 6) is -0.274. The SMILES string of the molecule is CCCC=Cc1sc(C(=O)OC)cc1NCC. The van der Waals surface area contributed by atoms with E-state index < -0.39 is 0 Å². The first-order valence-corrected chi connectivity index (χ1v) is 6.67. The minimum absolute atomic E-state index is 0.274. The highest BCUT2D eigenvalue weighted by atomic mass is 32.1. The molecule has 0 bridgehead atoms. The number of rotatable bonds is 6. The normalized spacial score (nSPS) is 10.8. The molecule has 17 heavy (non-hydrogen) atoms. The van der Waals surface area contributed by atoms with E-state index in [9.17, 15) is 4.79 Å². The molecule has 0 unspecified atom stereocenters. The fraction of sp³-hybridized carbons (Fsp3) is 0.462. The maximum atomic E-state index is 11.4. The van der Waals surface area contributed by atoms with Gasteiger partial charge in [0.2, 0.25) is 0 Å². The summed E-state index contributed by atoms with van der Waals surface area (Å²) in [6, 6.07) is 1.85. The van der Waals surface area contributed by atoms with Gasteiger partial charge in [-0.1, -0.05) is 19.4 Å². The molecular formula is C13H19NO2S. The predicted octanol–water partition coefficient (Wildman–Crippen LogP) is 3.78. The van der Waals surface area contributed by atoms with E-state index in [0.717, 1.165) is 30.0 Å². The third-order valence-corrected chi connectivity index (χ3v) is 3.32. The number of allylic oxidation sites excluding steroid dienone is 1. The van der Waals surface area contributed by atoms with E-state index in [1.807, 2.05) is 13.0 Å². The van der Waals surface area contributed by atoms with Gasteiger partial charge in [-0.3, -0.25) is 0 Å². The standard InChI is InChI=1S/C13H19NO2S/c1-4-6-7-8-11-10(14-5-2)9-12(17-11)13(15)16-3/h7-9,14H,4-6H2,1-3H3. The lowest BCUT2D eigenvalue weighted by Gasteiger charge is -2.00. The second-order valence-corrected chi connectivity index (χ2v) is 4.69. The number of nitrogens with one attached hydrogen (secondary N) is 1. The number of anilines is 1. The first kappa shape index (κ1) is 13.8. The monoisotopic (exact) mass is 253 g/mol. The highest BCUT2D eigenvalue weighted by Gasteiger charge is 2.12. The molecule has 1 heterocycles. The first-order chi connectivity index (χ1) is 8.22. The van der Waals surface area contributed by atoms with Crippen LogP contribution in [0.15, 0.2) is 12.1 Å². The molecule has 0 saturated heterocycles. The van der Waals surface area contributed by atoms with Crippen LogP contribution in [0, 0.1) is 0 Å². The molecule has 0 saturated carbocycles. The summed E-state index contributed by atoms with van der Waals surface area (Å²) in [6.07, 6.45) is 6.38. The highest BCUT2D eigenvalue weighted by molar-refractivity contribution is 7.15. The van der Waals surface area contributed by atoms with Gasteiger partial charge in [-0.25, -0.2) is 4.79 Å². The summed E-state index contributed by atoms with van der Waals surface area (Å²) in [4.78, 5) is 13.2. The van der Waals surface area contributed by atoms with E-state index in [-0.39, 0.29) is 5.97 Å². The van der Waals surface area contributed by atoms with Crippen LogP contribution in [-0.4, -0.2) is 19.6 Å². The Morgan fingerprint density at radius 2 is 2.29 bits per heavy atom. The fourth-order valence-electron chi connectivity index (χ4n) is 1.42. The number of esters is 1. The van der Waals surface area contributed by atoms with Gasteiger partial charge in [-0.2, -0.15) is 0 Å². The minimum Gasteiger partial charge on any atom is -0.465 e. The summed E-state index contributed by atoms with van der Waals surface area (Å²) in [6.45, 7) is 5.02. The van der Waals surface area contributed by atoms with Gasteiger partial charge in [0, 0.05) is 6.54 Å². The Labute approximate surface area is 106 Å². The molecular weight excluding hydrogens is 234 g/mol. The van der Waals surface area contributed by atoms with E-state index in [2.05, 4.69) is 24.4 Å². The molecule has 0 radical (unpaired) electrons. The lowest BCUT2D eigenvalue weighted by molar-refractivity contribution is 0.0606. The molecule has 1 rings (SSSR count). The molecule has 3 nitrogen and oxygen atoms in total. The van der Waals surface area contributed by atoms with Crippen molar-refractivity contribution in [2.45, 2.75) is 26.7 Å². The Bertz CT molecular complexity index is 396. The zero-order valence-electron chi connectivity index (χ0n) is 10.6. The van der Waals surface area contributed by atoms with Gasteiger partial charge in [0.25, 0.3) is 0 Å². The number of methoxy groups -OCH3 is 1. The van der Waals surface area contributed by atoms with Crippen molar-refractivity contribution < 1.29 is 9.53 Å². The van der Waals surface area contributed by atoms with Crippen LogP contribution < -0.4 is 5.32 Å². The second kappa shape index (κ2) is 7.12.